The standard InChI is InChI=1S/C26H42O4/c1-21(2)11-8-15-24(20-30-26-17-6-7-18-29-26)16-10-13-22(3)12-9-14-23(4)19-25(27)28-5/h11-12,16,19,26H,6-10,13-15,17-18,20H2,1-5H3/b22-12+,23-19+,24-16+. The van der Waals surface area contributed by atoms with Crippen LogP contribution in [0.2, 0.25) is 0 Å². The molecule has 0 radical (unpaired) electrons. The summed E-state index contributed by atoms with van der Waals surface area (Å²) in [7, 11) is 1.41. The van der Waals surface area contributed by atoms with Crippen LogP contribution in [-0.4, -0.2) is 32.6 Å². The monoisotopic (exact) mass is 418 g/mol. The molecule has 0 aromatic heterocycles. The molecule has 0 aromatic carbocycles. The van der Waals surface area contributed by atoms with Crippen LogP contribution in [0.25, 0.3) is 0 Å². The van der Waals surface area contributed by atoms with Crippen molar-refractivity contribution in [3.05, 3.63) is 46.6 Å². The zero-order valence-electron chi connectivity index (χ0n) is 19.8. The Morgan fingerprint density at radius 3 is 2.30 bits per heavy atom. The molecule has 0 amide bonds. The van der Waals surface area contributed by atoms with E-state index in [-0.39, 0.29) is 12.3 Å². The summed E-state index contributed by atoms with van der Waals surface area (Å²) in [6.45, 7) is 9.93. The molecule has 0 N–H and O–H groups in total. The second kappa shape index (κ2) is 16.1. The smallest absolute Gasteiger partial charge is 0.330 e. The molecule has 0 aromatic rings. The van der Waals surface area contributed by atoms with Crippen molar-refractivity contribution in [3.8, 4) is 0 Å². The zero-order valence-corrected chi connectivity index (χ0v) is 19.8. The third-order valence-electron chi connectivity index (χ3n) is 5.18. The van der Waals surface area contributed by atoms with E-state index >= 15 is 0 Å². The van der Waals surface area contributed by atoms with Gasteiger partial charge in [-0.25, -0.2) is 4.79 Å². The summed E-state index contributed by atoms with van der Waals surface area (Å²) in [6.07, 6.45) is 17.8. The quantitative estimate of drug-likeness (QED) is 0.187. The highest BCUT2D eigenvalue weighted by atomic mass is 16.7. The molecule has 1 heterocycles. The van der Waals surface area contributed by atoms with E-state index in [1.54, 1.807) is 6.08 Å². The summed E-state index contributed by atoms with van der Waals surface area (Å²) < 4.78 is 16.4. The Bertz CT molecular complexity index is 615. The summed E-state index contributed by atoms with van der Waals surface area (Å²) in [6, 6.07) is 0. The fraction of sp³-hybridized carbons (Fsp3) is 0.654. The first-order valence-electron chi connectivity index (χ1n) is 11.4. The van der Waals surface area contributed by atoms with Gasteiger partial charge < -0.3 is 14.2 Å². The maximum Gasteiger partial charge on any atom is 0.330 e. The van der Waals surface area contributed by atoms with Gasteiger partial charge in [-0.2, -0.15) is 0 Å². The normalized spacial score (nSPS) is 18.3. The van der Waals surface area contributed by atoms with Gasteiger partial charge >= 0.3 is 5.97 Å². The maximum absolute atomic E-state index is 11.2. The first-order chi connectivity index (χ1) is 14.4. The molecule has 1 unspecified atom stereocenters. The first-order valence-corrected chi connectivity index (χ1v) is 11.4. The average molecular weight is 419 g/mol. The lowest BCUT2D eigenvalue weighted by atomic mass is 10.0. The minimum atomic E-state index is -0.278. The van der Waals surface area contributed by atoms with Crippen LogP contribution in [0.15, 0.2) is 46.6 Å². The SMILES string of the molecule is COC(=O)/C=C(\C)CC/C=C(\C)CC/C=C(\CCC=C(C)C)COC1CCCCO1. The molecule has 0 bridgehead atoms. The number of carbonyl (C=O) groups excluding carboxylic acids is 1. The van der Waals surface area contributed by atoms with E-state index in [1.165, 1.54) is 30.2 Å². The first kappa shape index (κ1) is 26.4. The van der Waals surface area contributed by atoms with E-state index in [9.17, 15) is 4.79 Å². The Balaban J connectivity index is 2.47. The van der Waals surface area contributed by atoms with Crippen LogP contribution in [0.5, 0.6) is 0 Å². The number of carbonyl (C=O) groups is 1. The molecule has 4 heteroatoms. The van der Waals surface area contributed by atoms with Crippen molar-refractivity contribution in [2.24, 2.45) is 0 Å². The van der Waals surface area contributed by atoms with E-state index in [2.05, 4.69) is 43.7 Å². The molecule has 1 fully saturated rings. The number of methoxy groups -OCH3 is 1. The second-order valence-electron chi connectivity index (χ2n) is 8.43. The van der Waals surface area contributed by atoms with Gasteiger partial charge in [-0.3, -0.25) is 0 Å². The fourth-order valence-electron chi connectivity index (χ4n) is 3.31. The van der Waals surface area contributed by atoms with Crippen molar-refractivity contribution in [1.82, 2.24) is 0 Å². The van der Waals surface area contributed by atoms with Crippen LogP contribution in [0, 0.1) is 0 Å². The molecule has 0 aliphatic carbocycles. The van der Waals surface area contributed by atoms with Crippen LogP contribution in [-0.2, 0) is 19.0 Å². The second-order valence-corrected chi connectivity index (χ2v) is 8.43. The van der Waals surface area contributed by atoms with Gasteiger partial charge in [0.1, 0.15) is 0 Å². The van der Waals surface area contributed by atoms with Gasteiger partial charge in [-0.15, -0.1) is 0 Å². The number of allylic oxidation sites excluding steroid dienone is 6. The number of esters is 1. The predicted octanol–water partition coefficient (Wildman–Crippen LogP) is 6.83. The molecule has 30 heavy (non-hydrogen) atoms. The van der Waals surface area contributed by atoms with Crippen molar-refractivity contribution < 1.29 is 19.0 Å². The Kier molecular flexibility index (Phi) is 14.2. The molecule has 1 saturated heterocycles. The lowest BCUT2D eigenvalue weighted by Gasteiger charge is -2.23. The Labute approximate surface area is 184 Å². The van der Waals surface area contributed by atoms with Gasteiger partial charge in [0, 0.05) is 12.7 Å². The van der Waals surface area contributed by atoms with Crippen molar-refractivity contribution in [2.45, 2.75) is 91.8 Å². The van der Waals surface area contributed by atoms with E-state index in [4.69, 9.17) is 9.47 Å². The van der Waals surface area contributed by atoms with Crippen LogP contribution in [0.3, 0.4) is 0 Å². The van der Waals surface area contributed by atoms with Crippen molar-refractivity contribution in [3.63, 3.8) is 0 Å². The molecule has 170 valence electrons. The van der Waals surface area contributed by atoms with Crippen LogP contribution in [0.4, 0.5) is 0 Å². The number of hydrogen-bond donors (Lipinski definition) is 0. The summed E-state index contributed by atoms with van der Waals surface area (Å²) in [5, 5.41) is 0. The highest BCUT2D eigenvalue weighted by molar-refractivity contribution is 5.82. The Hall–Kier alpha value is -1.65. The number of rotatable bonds is 13. The molecule has 1 atom stereocenters. The summed E-state index contributed by atoms with van der Waals surface area (Å²) >= 11 is 0. The summed E-state index contributed by atoms with van der Waals surface area (Å²) in [5.74, 6) is -0.278. The van der Waals surface area contributed by atoms with E-state index < -0.39 is 0 Å². The third-order valence-corrected chi connectivity index (χ3v) is 5.18. The summed E-state index contributed by atoms with van der Waals surface area (Å²) in [4.78, 5) is 11.2. The number of hydrogen-bond acceptors (Lipinski definition) is 4. The van der Waals surface area contributed by atoms with Crippen molar-refractivity contribution >= 4 is 5.97 Å². The molecule has 0 saturated carbocycles. The highest BCUT2D eigenvalue weighted by Gasteiger charge is 2.14. The fourth-order valence-corrected chi connectivity index (χ4v) is 3.31. The van der Waals surface area contributed by atoms with E-state index in [0.29, 0.717) is 6.61 Å². The lowest BCUT2D eigenvalue weighted by molar-refractivity contribution is -0.157. The molecule has 0 spiro atoms. The highest BCUT2D eigenvalue weighted by Crippen LogP contribution is 2.18. The minimum Gasteiger partial charge on any atom is -0.466 e. The number of ether oxygens (including phenoxy) is 3. The third kappa shape index (κ3) is 13.6. The summed E-state index contributed by atoms with van der Waals surface area (Å²) in [5.41, 5.74) is 5.17. The topological polar surface area (TPSA) is 44.8 Å². The lowest BCUT2D eigenvalue weighted by Crippen LogP contribution is -2.23. The van der Waals surface area contributed by atoms with E-state index in [0.717, 1.165) is 63.5 Å². The molecule has 1 rings (SSSR count). The van der Waals surface area contributed by atoms with Crippen molar-refractivity contribution in [2.75, 3.05) is 20.3 Å². The average Bonchev–Trinajstić information content (AvgIpc) is 2.72. The van der Waals surface area contributed by atoms with Crippen LogP contribution >= 0.6 is 0 Å². The Morgan fingerprint density at radius 2 is 1.63 bits per heavy atom. The van der Waals surface area contributed by atoms with Gasteiger partial charge in [0.2, 0.25) is 0 Å². The largest absolute Gasteiger partial charge is 0.466 e. The van der Waals surface area contributed by atoms with Gasteiger partial charge in [0.05, 0.1) is 13.7 Å². The predicted molar refractivity (Wildman–Crippen MR) is 124 cm³/mol. The van der Waals surface area contributed by atoms with E-state index in [1.807, 2.05) is 6.92 Å². The Morgan fingerprint density at radius 1 is 0.933 bits per heavy atom. The van der Waals surface area contributed by atoms with Gasteiger partial charge in [-0.05, 0) is 91.1 Å². The zero-order chi connectivity index (χ0) is 22.2. The van der Waals surface area contributed by atoms with Crippen LogP contribution in [0.1, 0.15) is 85.5 Å². The molecule has 1 aliphatic heterocycles. The molecular formula is C26H42O4. The van der Waals surface area contributed by atoms with Gasteiger partial charge in [0.25, 0.3) is 0 Å². The van der Waals surface area contributed by atoms with Crippen LogP contribution < -0.4 is 0 Å². The van der Waals surface area contributed by atoms with Gasteiger partial charge in [-0.1, -0.05) is 34.9 Å². The molecule has 4 nitrogen and oxygen atoms in total. The van der Waals surface area contributed by atoms with Crippen molar-refractivity contribution in [1.29, 1.82) is 0 Å². The minimum absolute atomic E-state index is 0.0338. The van der Waals surface area contributed by atoms with Gasteiger partial charge in [0.15, 0.2) is 6.29 Å². The molecule has 1 aliphatic rings. The molecular weight excluding hydrogens is 376 g/mol. The maximum atomic E-state index is 11.2.